The van der Waals surface area contributed by atoms with E-state index in [-0.39, 0.29) is 0 Å². The van der Waals surface area contributed by atoms with Crippen LogP contribution < -0.4 is 0 Å². The first-order valence-corrected chi connectivity index (χ1v) is 6.26. The topological polar surface area (TPSA) is 0 Å². The molecule has 1 aliphatic carbocycles. The van der Waals surface area contributed by atoms with Crippen molar-refractivity contribution in [2.75, 3.05) is 0 Å². The van der Waals surface area contributed by atoms with Crippen LogP contribution in [-0.4, -0.2) is 0 Å². The van der Waals surface area contributed by atoms with Gasteiger partial charge in [-0.25, -0.2) is 0 Å². The minimum absolute atomic E-state index is 0.663. The molecule has 0 saturated heterocycles. The second-order valence-corrected chi connectivity index (χ2v) is 5.19. The van der Waals surface area contributed by atoms with E-state index in [0.29, 0.717) is 5.92 Å². The number of hydrogen-bond donors (Lipinski definition) is 0. The second kappa shape index (κ2) is 5.35. The highest BCUT2D eigenvalue weighted by Gasteiger charge is 2.13. The van der Waals surface area contributed by atoms with Gasteiger partial charge in [0.2, 0.25) is 0 Å². The van der Waals surface area contributed by atoms with Gasteiger partial charge in [0.25, 0.3) is 0 Å². The van der Waals surface area contributed by atoms with Crippen LogP contribution in [0.15, 0.2) is 58.7 Å². The molecule has 0 heterocycles. The summed E-state index contributed by atoms with van der Waals surface area (Å²) in [7, 11) is 0. The zero-order valence-electron chi connectivity index (χ0n) is 11.9. The van der Waals surface area contributed by atoms with Gasteiger partial charge >= 0.3 is 0 Å². The zero-order chi connectivity index (χ0) is 13.2. The smallest absolute Gasteiger partial charge is 0.0221 e. The molecule has 0 nitrogen and oxygen atoms in total. The van der Waals surface area contributed by atoms with Crippen LogP contribution in [0.25, 0.3) is 0 Å². The average molecular weight is 228 g/mol. The molecule has 0 aliphatic heterocycles. The van der Waals surface area contributed by atoms with E-state index in [1.165, 1.54) is 22.3 Å². The van der Waals surface area contributed by atoms with Crippen LogP contribution in [0, 0.1) is 5.92 Å². The fraction of sp³-hybridized carbons (Fsp3) is 0.412. The van der Waals surface area contributed by atoms with E-state index in [4.69, 9.17) is 0 Å². The van der Waals surface area contributed by atoms with E-state index in [1.54, 1.807) is 0 Å². The molecular formula is C17H24. The van der Waals surface area contributed by atoms with Gasteiger partial charge in [-0.2, -0.15) is 0 Å². The fourth-order valence-corrected chi connectivity index (χ4v) is 2.25. The number of hydrogen-bond acceptors (Lipinski definition) is 0. The fourth-order valence-electron chi connectivity index (χ4n) is 2.25. The van der Waals surface area contributed by atoms with Crippen LogP contribution in [0.2, 0.25) is 0 Å². The molecular weight excluding hydrogens is 204 g/mol. The van der Waals surface area contributed by atoms with Crippen LogP contribution in [0.5, 0.6) is 0 Å². The van der Waals surface area contributed by atoms with Crippen molar-refractivity contribution in [1.82, 2.24) is 0 Å². The van der Waals surface area contributed by atoms with Crippen molar-refractivity contribution in [2.24, 2.45) is 5.92 Å². The van der Waals surface area contributed by atoms with E-state index in [2.05, 4.69) is 53.0 Å². The monoisotopic (exact) mass is 228 g/mol. The van der Waals surface area contributed by atoms with Crippen molar-refractivity contribution in [3.63, 3.8) is 0 Å². The van der Waals surface area contributed by atoms with E-state index >= 15 is 0 Å². The Morgan fingerprint density at radius 2 is 1.82 bits per heavy atom. The number of rotatable bonds is 3. The summed E-state index contributed by atoms with van der Waals surface area (Å²) >= 11 is 0. The zero-order valence-corrected chi connectivity index (χ0v) is 11.9. The van der Waals surface area contributed by atoms with Crippen molar-refractivity contribution in [3.8, 4) is 0 Å². The van der Waals surface area contributed by atoms with Gasteiger partial charge in [-0.3, -0.25) is 0 Å². The Bertz CT molecular complexity index is 439. The molecule has 0 saturated carbocycles. The summed E-state index contributed by atoms with van der Waals surface area (Å²) in [5, 5.41) is 0. The van der Waals surface area contributed by atoms with Crippen molar-refractivity contribution in [1.29, 1.82) is 0 Å². The van der Waals surface area contributed by atoms with Crippen molar-refractivity contribution < 1.29 is 0 Å². The van der Waals surface area contributed by atoms with Crippen molar-refractivity contribution in [3.05, 3.63) is 58.7 Å². The molecule has 1 rings (SSSR count). The first-order chi connectivity index (χ1) is 7.84. The SMILES string of the molecule is C=C(C)C(=C)C(C)=C(C)C1=CCC(C)C=C1C. The Hall–Kier alpha value is -1.30. The molecule has 0 fully saturated rings. The maximum Gasteiger partial charge on any atom is -0.0221 e. The van der Waals surface area contributed by atoms with E-state index < -0.39 is 0 Å². The van der Waals surface area contributed by atoms with Crippen LogP contribution >= 0.6 is 0 Å². The highest BCUT2D eigenvalue weighted by atomic mass is 14.2. The summed E-state index contributed by atoms with van der Waals surface area (Å²) in [6.45, 7) is 18.9. The third-order valence-corrected chi connectivity index (χ3v) is 3.59. The van der Waals surface area contributed by atoms with Gasteiger partial charge in [0.05, 0.1) is 0 Å². The van der Waals surface area contributed by atoms with Crippen LogP contribution in [0.1, 0.15) is 41.0 Å². The van der Waals surface area contributed by atoms with Gasteiger partial charge in [0.1, 0.15) is 0 Å². The summed E-state index contributed by atoms with van der Waals surface area (Å²) in [4.78, 5) is 0. The van der Waals surface area contributed by atoms with Crippen molar-refractivity contribution >= 4 is 0 Å². The summed E-state index contributed by atoms with van der Waals surface area (Å²) < 4.78 is 0. The standard InChI is InChI=1S/C17H24/c1-11(2)14(5)15(6)16(7)17-9-8-12(3)10-13(17)4/h9-10,12H,1,5,8H2,2-4,6-7H3. The molecule has 0 spiro atoms. The number of allylic oxidation sites excluding steroid dienone is 8. The second-order valence-electron chi connectivity index (χ2n) is 5.19. The van der Waals surface area contributed by atoms with Gasteiger partial charge in [-0.1, -0.05) is 37.8 Å². The Morgan fingerprint density at radius 3 is 2.29 bits per heavy atom. The van der Waals surface area contributed by atoms with Gasteiger partial charge < -0.3 is 0 Å². The highest BCUT2D eigenvalue weighted by Crippen LogP contribution is 2.31. The first kappa shape index (κ1) is 13.8. The molecule has 17 heavy (non-hydrogen) atoms. The molecule has 0 N–H and O–H groups in total. The lowest BCUT2D eigenvalue weighted by atomic mass is 9.85. The largest absolute Gasteiger partial charge is 0.0955 e. The molecule has 0 bridgehead atoms. The highest BCUT2D eigenvalue weighted by molar-refractivity contribution is 5.54. The van der Waals surface area contributed by atoms with Crippen LogP contribution in [0.4, 0.5) is 0 Å². The summed E-state index contributed by atoms with van der Waals surface area (Å²) in [5.41, 5.74) is 7.46. The Kier molecular flexibility index (Phi) is 4.34. The Balaban J connectivity index is 3.10. The third-order valence-electron chi connectivity index (χ3n) is 3.59. The Morgan fingerprint density at radius 1 is 1.24 bits per heavy atom. The summed E-state index contributed by atoms with van der Waals surface area (Å²) in [5.74, 6) is 0.663. The maximum absolute atomic E-state index is 4.11. The first-order valence-electron chi connectivity index (χ1n) is 6.26. The molecule has 0 radical (unpaired) electrons. The van der Waals surface area contributed by atoms with Gasteiger partial charge in [-0.05, 0) is 67.9 Å². The predicted molar refractivity (Wildman–Crippen MR) is 77.9 cm³/mol. The van der Waals surface area contributed by atoms with E-state index in [0.717, 1.165) is 17.6 Å². The summed E-state index contributed by atoms with van der Waals surface area (Å²) in [6.07, 6.45) is 5.84. The lowest BCUT2D eigenvalue weighted by Gasteiger charge is -2.20. The molecule has 1 aliphatic rings. The molecule has 0 heteroatoms. The predicted octanol–water partition coefficient (Wildman–Crippen LogP) is 5.37. The normalized spacial score (nSPS) is 21.4. The quantitative estimate of drug-likeness (QED) is 0.570. The minimum atomic E-state index is 0.663. The van der Waals surface area contributed by atoms with Crippen LogP contribution in [-0.2, 0) is 0 Å². The molecule has 1 unspecified atom stereocenters. The average Bonchev–Trinajstić information content (AvgIpc) is 2.26. The molecule has 1 atom stereocenters. The lowest BCUT2D eigenvalue weighted by Crippen LogP contribution is -2.02. The van der Waals surface area contributed by atoms with Gasteiger partial charge in [-0.15, -0.1) is 0 Å². The minimum Gasteiger partial charge on any atom is -0.0955 e. The van der Waals surface area contributed by atoms with E-state index in [1.807, 2.05) is 6.92 Å². The van der Waals surface area contributed by atoms with Crippen molar-refractivity contribution in [2.45, 2.75) is 41.0 Å². The van der Waals surface area contributed by atoms with Crippen LogP contribution in [0.3, 0.4) is 0 Å². The molecule has 0 aromatic carbocycles. The summed E-state index contributed by atoms with van der Waals surface area (Å²) in [6, 6.07) is 0. The molecule has 0 aromatic heterocycles. The maximum atomic E-state index is 4.11. The Labute approximate surface area is 106 Å². The molecule has 0 aromatic rings. The van der Waals surface area contributed by atoms with E-state index in [9.17, 15) is 0 Å². The lowest BCUT2D eigenvalue weighted by molar-refractivity contribution is 0.723. The van der Waals surface area contributed by atoms with Gasteiger partial charge in [0.15, 0.2) is 0 Å². The molecule has 92 valence electrons. The van der Waals surface area contributed by atoms with Gasteiger partial charge in [0, 0.05) is 0 Å². The third kappa shape index (κ3) is 3.09. The molecule has 0 amide bonds.